The van der Waals surface area contributed by atoms with Gasteiger partial charge in [-0.15, -0.1) is 0 Å². The number of aliphatic hydroxyl groups is 1. The number of methoxy groups -OCH3 is 1. The van der Waals surface area contributed by atoms with E-state index in [1.807, 2.05) is 25.1 Å². The molecule has 0 unspecified atom stereocenters. The van der Waals surface area contributed by atoms with Crippen LogP contribution in [0.4, 0.5) is 5.69 Å². The van der Waals surface area contributed by atoms with Gasteiger partial charge in [-0.1, -0.05) is 0 Å². The lowest BCUT2D eigenvalue weighted by molar-refractivity contribution is 0.196. The van der Waals surface area contributed by atoms with Gasteiger partial charge in [0, 0.05) is 11.8 Å². The number of ether oxygens (including phenoxy) is 2. The highest BCUT2D eigenvalue weighted by molar-refractivity contribution is 5.54. The number of aryl methyl sites for hydroxylation is 1. The number of hydrogen-bond acceptors (Lipinski definition) is 5. The first kappa shape index (κ1) is 14.2. The molecule has 0 radical (unpaired) electrons. The Labute approximate surface area is 117 Å². The lowest BCUT2D eigenvalue weighted by atomic mass is 10.2. The molecule has 1 aromatic heterocycles. The van der Waals surface area contributed by atoms with E-state index in [-0.39, 0.29) is 13.2 Å². The molecule has 0 atom stereocenters. The van der Waals surface area contributed by atoms with Crippen LogP contribution in [-0.2, 0) is 6.54 Å². The Kier molecular flexibility index (Phi) is 4.84. The quantitative estimate of drug-likeness (QED) is 0.718. The van der Waals surface area contributed by atoms with Crippen LogP contribution < -0.4 is 14.8 Å². The summed E-state index contributed by atoms with van der Waals surface area (Å²) < 4.78 is 10.7. The van der Waals surface area contributed by atoms with E-state index in [4.69, 9.17) is 14.6 Å². The average molecular weight is 277 g/mol. The van der Waals surface area contributed by atoms with Crippen molar-refractivity contribution in [3.63, 3.8) is 0 Å². The fourth-order valence-electron chi connectivity index (χ4n) is 1.81. The second-order valence-electron chi connectivity index (χ2n) is 4.29. The summed E-state index contributed by atoms with van der Waals surface area (Å²) in [6, 6.07) is 5.58. The van der Waals surface area contributed by atoms with Crippen molar-refractivity contribution in [2.24, 2.45) is 0 Å². The molecule has 1 aromatic carbocycles. The minimum Gasteiger partial charge on any atom is -0.493 e. The first-order chi connectivity index (χ1) is 9.72. The van der Waals surface area contributed by atoms with Crippen molar-refractivity contribution in [1.82, 2.24) is 9.97 Å². The average Bonchev–Trinajstić information content (AvgIpc) is 2.88. The van der Waals surface area contributed by atoms with Crippen LogP contribution in [0.25, 0.3) is 0 Å². The van der Waals surface area contributed by atoms with Gasteiger partial charge < -0.3 is 24.9 Å². The molecule has 0 aliphatic heterocycles. The Hall–Kier alpha value is -2.21. The Morgan fingerprint density at radius 2 is 2.20 bits per heavy atom. The van der Waals surface area contributed by atoms with E-state index >= 15 is 0 Å². The van der Waals surface area contributed by atoms with Gasteiger partial charge in [-0.3, -0.25) is 0 Å². The number of aromatic amines is 1. The first-order valence-corrected chi connectivity index (χ1v) is 6.39. The van der Waals surface area contributed by atoms with Crippen molar-refractivity contribution in [2.75, 3.05) is 25.6 Å². The Balaban J connectivity index is 2.03. The number of imidazole rings is 1. The highest BCUT2D eigenvalue weighted by Gasteiger charge is 2.06. The van der Waals surface area contributed by atoms with Gasteiger partial charge in [0.2, 0.25) is 0 Å². The fourth-order valence-corrected chi connectivity index (χ4v) is 1.81. The number of nitrogens with one attached hydrogen (secondary N) is 2. The summed E-state index contributed by atoms with van der Waals surface area (Å²) in [6.45, 7) is 2.76. The fraction of sp³-hybridized carbons (Fsp3) is 0.357. The molecule has 3 N–H and O–H groups in total. The summed E-state index contributed by atoms with van der Waals surface area (Å²) in [5.41, 5.74) is 1.92. The second-order valence-corrected chi connectivity index (χ2v) is 4.29. The van der Waals surface area contributed by atoms with Crippen molar-refractivity contribution >= 4 is 5.69 Å². The van der Waals surface area contributed by atoms with E-state index in [0.29, 0.717) is 18.0 Å². The van der Waals surface area contributed by atoms with Gasteiger partial charge in [0.25, 0.3) is 0 Å². The molecule has 0 saturated heterocycles. The van der Waals surface area contributed by atoms with E-state index in [9.17, 15) is 0 Å². The van der Waals surface area contributed by atoms with Crippen LogP contribution in [0, 0.1) is 6.92 Å². The van der Waals surface area contributed by atoms with Gasteiger partial charge in [-0.2, -0.15) is 0 Å². The minimum absolute atomic E-state index is 0.0335. The maximum Gasteiger partial charge on any atom is 0.163 e. The molecule has 6 heteroatoms. The molecule has 0 fully saturated rings. The van der Waals surface area contributed by atoms with Crippen LogP contribution in [0.15, 0.2) is 24.4 Å². The molecular weight excluding hydrogens is 258 g/mol. The molecule has 1 heterocycles. The number of hydrogen-bond donors (Lipinski definition) is 3. The lowest BCUT2D eigenvalue weighted by Crippen LogP contribution is -2.04. The third-order valence-electron chi connectivity index (χ3n) is 2.75. The molecule has 108 valence electrons. The molecular formula is C14H19N3O3. The summed E-state index contributed by atoms with van der Waals surface area (Å²) >= 11 is 0. The third-order valence-corrected chi connectivity index (χ3v) is 2.75. The normalized spacial score (nSPS) is 10.3. The molecule has 20 heavy (non-hydrogen) atoms. The number of aliphatic hydroxyl groups excluding tert-OH is 1. The van der Waals surface area contributed by atoms with Crippen molar-refractivity contribution < 1.29 is 14.6 Å². The van der Waals surface area contributed by atoms with Crippen molar-refractivity contribution in [3.05, 3.63) is 35.9 Å². The summed E-state index contributed by atoms with van der Waals surface area (Å²) in [7, 11) is 1.58. The number of aromatic nitrogens is 2. The maximum absolute atomic E-state index is 8.82. The molecule has 0 amide bonds. The second kappa shape index (κ2) is 6.81. The number of nitrogens with zero attached hydrogens (tertiary/aromatic N) is 1. The molecule has 0 saturated carbocycles. The highest BCUT2D eigenvalue weighted by Crippen LogP contribution is 2.30. The molecule has 2 aromatic rings. The van der Waals surface area contributed by atoms with E-state index in [2.05, 4.69) is 15.3 Å². The van der Waals surface area contributed by atoms with Crippen molar-refractivity contribution in [3.8, 4) is 11.5 Å². The van der Waals surface area contributed by atoms with Gasteiger partial charge >= 0.3 is 0 Å². The number of rotatable bonds is 7. The van der Waals surface area contributed by atoms with Crippen molar-refractivity contribution in [1.29, 1.82) is 0 Å². The van der Waals surface area contributed by atoms with Crippen LogP contribution in [0.1, 0.15) is 11.5 Å². The monoisotopic (exact) mass is 277 g/mol. The molecule has 0 aliphatic carbocycles. The topological polar surface area (TPSA) is 79.4 Å². The Bertz CT molecular complexity index is 554. The van der Waals surface area contributed by atoms with Crippen LogP contribution in [0.5, 0.6) is 11.5 Å². The first-order valence-electron chi connectivity index (χ1n) is 6.39. The number of H-pyrrole nitrogens is 1. The maximum atomic E-state index is 8.82. The molecule has 2 rings (SSSR count). The summed E-state index contributed by atoms with van der Waals surface area (Å²) in [6.07, 6.45) is 1.80. The Morgan fingerprint density at radius 3 is 2.85 bits per heavy atom. The zero-order valence-corrected chi connectivity index (χ0v) is 11.6. The van der Waals surface area contributed by atoms with Gasteiger partial charge in [0.15, 0.2) is 11.5 Å². The largest absolute Gasteiger partial charge is 0.493 e. The highest BCUT2D eigenvalue weighted by atomic mass is 16.5. The zero-order chi connectivity index (χ0) is 14.4. The SMILES string of the molecule is COc1ccc(NCc2cnc(C)[nH]2)cc1OCCO. The smallest absolute Gasteiger partial charge is 0.163 e. The third kappa shape index (κ3) is 3.64. The molecule has 0 spiro atoms. The summed E-state index contributed by atoms with van der Waals surface area (Å²) in [5, 5.41) is 12.1. The van der Waals surface area contributed by atoms with E-state index in [0.717, 1.165) is 17.2 Å². The van der Waals surface area contributed by atoms with Crippen LogP contribution >= 0.6 is 0 Å². The van der Waals surface area contributed by atoms with Gasteiger partial charge in [-0.25, -0.2) is 4.98 Å². The van der Waals surface area contributed by atoms with Crippen molar-refractivity contribution in [2.45, 2.75) is 13.5 Å². The van der Waals surface area contributed by atoms with Crippen LogP contribution in [0.2, 0.25) is 0 Å². The van der Waals surface area contributed by atoms with Gasteiger partial charge in [-0.05, 0) is 19.1 Å². The predicted molar refractivity (Wildman–Crippen MR) is 76.2 cm³/mol. The minimum atomic E-state index is -0.0335. The molecule has 0 aliphatic rings. The van der Waals surface area contributed by atoms with Gasteiger partial charge in [0.05, 0.1) is 32.2 Å². The Morgan fingerprint density at radius 1 is 1.35 bits per heavy atom. The van der Waals surface area contributed by atoms with E-state index in [1.165, 1.54) is 0 Å². The summed E-state index contributed by atoms with van der Waals surface area (Å²) in [5.74, 6) is 2.14. The molecule has 6 nitrogen and oxygen atoms in total. The van der Waals surface area contributed by atoms with Crippen LogP contribution in [-0.4, -0.2) is 35.4 Å². The summed E-state index contributed by atoms with van der Waals surface area (Å²) in [4.78, 5) is 7.30. The number of benzene rings is 1. The lowest BCUT2D eigenvalue weighted by Gasteiger charge is -2.12. The van der Waals surface area contributed by atoms with E-state index in [1.54, 1.807) is 13.3 Å². The van der Waals surface area contributed by atoms with Crippen LogP contribution in [0.3, 0.4) is 0 Å². The number of anilines is 1. The predicted octanol–water partition coefficient (Wildman–Crippen LogP) is 1.71. The zero-order valence-electron chi connectivity index (χ0n) is 11.6. The van der Waals surface area contributed by atoms with E-state index < -0.39 is 0 Å². The molecule has 0 bridgehead atoms. The standard InChI is InChI=1S/C14H19N3O3/c1-10-15-8-12(17-10)9-16-11-3-4-13(19-2)14(7-11)20-6-5-18/h3-4,7-8,16,18H,5-6,9H2,1-2H3,(H,15,17). The van der Waals surface area contributed by atoms with Gasteiger partial charge in [0.1, 0.15) is 12.4 Å².